The van der Waals surface area contributed by atoms with Crippen LogP contribution in [-0.2, 0) is 20.9 Å². The second-order valence-electron chi connectivity index (χ2n) is 7.72. The Morgan fingerprint density at radius 3 is 2.50 bits per heavy atom. The molecule has 0 aromatic heterocycles. The Balaban J connectivity index is 1.47. The SMILES string of the molecule is COC(=O)CCC1CN(c2ccc(F)cc2-c2ccc(OCc3ccccc3)cc2)C1=O. The summed E-state index contributed by atoms with van der Waals surface area (Å²) in [7, 11) is 1.33. The zero-order valence-electron chi connectivity index (χ0n) is 17.8. The summed E-state index contributed by atoms with van der Waals surface area (Å²) >= 11 is 0. The van der Waals surface area contributed by atoms with Crippen molar-refractivity contribution in [1.82, 2.24) is 0 Å². The van der Waals surface area contributed by atoms with Crippen LogP contribution in [-0.4, -0.2) is 25.5 Å². The van der Waals surface area contributed by atoms with Crippen molar-refractivity contribution in [3.63, 3.8) is 0 Å². The summed E-state index contributed by atoms with van der Waals surface area (Å²) in [6.45, 7) is 0.952. The molecule has 0 spiro atoms. The van der Waals surface area contributed by atoms with Gasteiger partial charge in [-0.05, 0) is 47.9 Å². The van der Waals surface area contributed by atoms with E-state index in [2.05, 4.69) is 4.74 Å². The van der Waals surface area contributed by atoms with Gasteiger partial charge in [0.05, 0.1) is 18.7 Å². The Morgan fingerprint density at radius 1 is 1.06 bits per heavy atom. The molecule has 6 heteroatoms. The lowest BCUT2D eigenvalue weighted by atomic mass is 9.91. The minimum Gasteiger partial charge on any atom is -0.489 e. The average Bonchev–Trinajstić information content (AvgIpc) is 2.83. The molecule has 0 saturated carbocycles. The molecule has 164 valence electrons. The quantitative estimate of drug-likeness (QED) is 0.371. The van der Waals surface area contributed by atoms with Crippen molar-refractivity contribution < 1.29 is 23.5 Å². The number of ether oxygens (including phenoxy) is 2. The molecule has 0 radical (unpaired) electrons. The largest absolute Gasteiger partial charge is 0.489 e. The summed E-state index contributed by atoms with van der Waals surface area (Å²) in [5.74, 6) is -0.277. The van der Waals surface area contributed by atoms with Crippen LogP contribution < -0.4 is 9.64 Å². The highest BCUT2D eigenvalue weighted by atomic mass is 19.1. The lowest BCUT2D eigenvalue weighted by molar-refractivity contribution is -0.141. The first-order chi connectivity index (χ1) is 15.5. The second-order valence-corrected chi connectivity index (χ2v) is 7.72. The zero-order chi connectivity index (χ0) is 22.5. The number of carbonyl (C=O) groups excluding carboxylic acids is 2. The molecule has 1 fully saturated rings. The number of benzene rings is 3. The first-order valence-corrected chi connectivity index (χ1v) is 10.5. The van der Waals surface area contributed by atoms with E-state index in [9.17, 15) is 14.0 Å². The fourth-order valence-electron chi connectivity index (χ4n) is 3.77. The van der Waals surface area contributed by atoms with Gasteiger partial charge >= 0.3 is 5.97 Å². The molecule has 0 N–H and O–H groups in total. The molecule has 3 aromatic carbocycles. The molecule has 1 amide bonds. The number of carbonyl (C=O) groups is 2. The van der Waals surface area contributed by atoms with E-state index in [-0.39, 0.29) is 30.0 Å². The fourth-order valence-corrected chi connectivity index (χ4v) is 3.77. The van der Waals surface area contributed by atoms with Crippen LogP contribution in [0, 0.1) is 11.7 Å². The van der Waals surface area contributed by atoms with Crippen LogP contribution in [0.4, 0.5) is 10.1 Å². The first-order valence-electron chi connectivity index (χ1n) is 10.5. The molecule has 1 heterocycles. The van der Waals surface area contributed by atoms with Crippen LogP contribution in [0.2, 0.25) is 0 Å². The van der Waals surface area contributed by atoms with E-state index in [4.69, 9.17) is 4.74 Å². The normalized spacial score (nSPS) is 15.2. The van der Waals surface area contributed by atoms with E-state index in [1.54, 1.807) is 11.0 Å². The van der Waals surface area contributed by atoms with E-state index in [0.717, 1.165) is 11.1 Å². The number of β-lactam (4-membered cyclic amide) rings is 1. The molecule has 5 nitrogen and oxygen atoms in total. The molecule has 32 heavy (non-hydrogen) atoms. The highest BCUT2D eigenvalue weighted by Crippen LogP contribution is 2.37. The lowest BCUT2D eigenvalue weighted by Gasteiger charge is -2.39. The van der Waals surface area contributed by atoms with Gasteiger partial charge in [0.1, 0.15) is 18.2 Å². The Labute approximate surface area is 186 Å². The number of amides is 1. The monoisotopic (exact) mass is 433 g/mol. The van der Waals surface area contributed by atoms with E-state index >= 15 is 0 Å². The highest BCUT2D eigenvalue weighted by Gasteiger charge is 2.38. The molecular formula is C26H24FNO4. The van der Waals surface area contributed by atoms with Gasteiger partial charge < -0.3 is 14.4 Å². The molecule has 4 rings (SSSR count). The number of nitrogens with zero attached hydrogens (tertiary/aromatic N) is 1. The van der Waals surface area contributed by atoms with Crippen LogP contribution in [0.5, 0.6) is 5.75 Å². The third kappa shape index (κ3) is 4.80. The van der Waals surface area contributed by atoms with Crippen molar-refractivity contribution in [3.05, 3.63) is 84.2 Å². The van der Waals surface area contributed by atoms with Crippen LogP contribution in [0.3, 0.4) is 0 Å². The van der Waals surface area contributed by atoms with Gasteiger partial charge in [0.2, 0.25) is 5.91 Å². The summed E-state index contributed by atoms with van der Waals surface area (Å²) in [5.41, 5.74) is 3.16. The zero-order valence-corrected chi connectivity index (χ0v) is 17.8. The molecule has 1 unspecified atom stereocenters. The Hall–Kier alpha value is -3.67. The number of rotatable bonds is 8. The molecule has 1 saturated heterocycles. The van der Waals surface area contributed by atoms with Crippen molar-refractivity contribution in [2.24, 2.45) is 5.92 Å². The van der Waals surface area contributed by atoms with Gasteiger partial charge in [-0.25, -0.2) is 4.39 Å². The minimum absolute atomic E-state index is 0.0652. The molecule has 1 aliphatic heterocycles. The highest BCUT2D eigenvalue weighted by molar-refractivity contribution is 6.04. The number of esters is 1. The van der Waals surface area contributed by atoms with Crippen molar-refractivity contribution in [2.45, 2.75) is 19.4 Å². The number of methoxy groups -OCH3 is 1. The summed E-state index contributed by atoms with van der Waals surface area (Å²) in [6, 6.07) is 21.7. The third-order valence-corrected chi connectivity index (χ3v) is 5.61. The first kappa shape index (κ1) is 21.6. The van der Waals surface area contributed by atoms with E-state index < -0.39 is 0 Å². The Kier molecular flexibility index (Phi) is 6.50. The standard InChI is InChI=1S/C26H24FNO4/c1-31-25(29)14-9-20-16-28(26(20)30)24-13-10-21(27)15-23(24)19-7-11-22(12-8-19)32-17-18-5-3-2-4-6-18/h2-8,10-13,15,20H,9,14,16-17H2,1H3. The smallest absolute Gasteiger partial charge is 0.305 e. The third-order valence-electron chi connectivity index (χ3n) is 5.61. The summed E-state index contributed by atoms with van der Waals surface area (Å²) in [6.07, 6.45) is 0.660. The second kappa shape index (κ2) is 9.64. The predicted octanol–water partition coefficient (Wildman–Crippen LogP) is 4.99. The molecule has 1 aliphatic rings. The van der Waals surface area contributed by atoms with Gasteiger partial charge in [0.15, 0.2) is 0 Å². The summed E-state index contributed by atoms with van der Waals surface area (Å²) in [4.78, 5) is 25.6. The van der Waals surface area contributed by atoms with Gasteiger partial charge in [-0.2, -0.15) is 0 Å². The summed E-state index contributed by atoms with van der Waals surface area (Å²) in [5, 5.41) is 0. The van der Waals surface area contributed by atoms with Gasteiger partial charge in [-0.3, -0.25) is 9.59 Å². The van der Waals surface area contributed by atoms with E-state index in [0.29, 0.717) is 36.6 Å². The Bertz CT molecular complexity index is 1100. The van der Waals surface area contributed by atoms with Crippen molar-refractivity contribution >= 4 is 17.6 Å². The molecule has 0 aliphatic carbocycles. The van der Waals surface area contributed by atoms with Crippen LogP contribution in [0.15, 0.2) is 72.8 Å². The summed E-state index contributed by atoms with van der Waals surface area (Å²) < 4.78 is 24.5. The number of anilines is 1. The van der Waals surface area contributed by atoms with Crippen molar-refractivity contribution in [2.75, 3.05) is 18.6 Å². The topological polar surface area (TPSA) is 55.8 Å². The number of hydrogen-bond acceptors (Lipinski definition) is 4. The minimum atomic E-state index is -0.372. The van der Waals surface area contributed by atoms with Crippen molar-refractivity contribution in [3.8, 4) is 16.9 Å². The van der Waals surface area contributed by atoms with Crippen LogP contribution in [0.25, 0.3) is 11.1 Å². The molecular weight excluding hydrogens is 409 g/mol. The van der Waals surface area contributed by atoms with Gasteiger partial charge in [0, 0.05) is 18.5 Å². The fraction of sp³-hybridized carbons (Fsp3) is 0.231. The lowest BCUT2D eigenvalue weighted by Crippen LogP contribution is -2.53. The van der Waals surface area contributed by atoms with Crippen LogP contribution >= 0.6 is 0 Å². The number of hydrogen-bond donors (Lipinski definition) is 0. The van der Waals surface area contributed by atoms with Crippen LogP contribution in [0.1, 0.15) is 18.4 Å². The number of halogens is 1. The van der Waals surface area contributed by atoms with Gasteiger partial charge in [0.25, 0.3) is 0 Å². The molecule has 3 aromatic rings. The maximum atomic E-state index is 14.0. The predicted molar refractivity (Wildman–Crippen MR) is 120 cm³/mol. The molecule has 1 atom stereocenters. The average molecular weight is 433 g/mol. The van der Waals surface area contributed by atoms with Crippen molar-refractivity contribution in [1.29, 1.82) is 0 Å². The maximum absolute atomic E-state index is 14.0. The van der Waals surface area contributed by atoms with Gasteiger partial charge in [-0.1, -0.05) is 42.5 Å². The maximum Gasteiger partial charge on any atom is 0.305 e. The van der Waals surface area contributed by atoms with E-state index in [1.807, 2.05) is 54.6 Å². The van der Waals surface area contributed by atoms with E-state index in [1.165, 1.54) is 19.2 Å². The molecule has 0 bridgehead atoms. The van der Waals surface area contributed by atoms with Gasteiger partial charge in [-0.15, -0.1) is 0 Å². The Morgan fingerprint density at radius 2 is 1.81 bits per heavy atom.